The molecule has 0 saturated carbocycles. The lowest BCUT2D eigenvalue weighted by molar-refractivity contribution is 0.0940. The first-order chi connectivity index (χ1) is 20.4. The van der Waals surface area contributed by atoms with Crippen LogP contribution >= 0.6 is 0 Å². The Balaban J connectivity index is 1.10. The minimum Gasteiger partial charge on any atom is -0.467 e. The van der Waals surface area contributed by atoms with Crippen LogP contribution in [0.2, 0.25) is 0 Å². The number of anilines is 2. The van der Waals surface area contributed by atoms with Crippen molar-refractivity contribution in [2.24, 2.45) is 0 Å². The van der Waals surface area contributed by atoms with E-state index >= 15 is 0 Å². The Hall–Kier alpha value is -5.90. The maximum atomic E-state index is 12.7. The molecule has 0 spiro atoms. The van der Waals surface area contributed by atoms with Crippen LogP contribution in [0.5, 0.6) is 0 Å². The zero-order valence-electron chi connectivity index (χ0n) is 22.3. The first-order valence-corrected chi connectivity index (χ1v) is 13.0. The molecule has 10 heteroatoms. The summed E-state index contributed by atoms with van der Waals surface area (Å²) in [6.45, 7) is 0.550. The molecule has 0 aliphatic heterocycles. The van der Waals surface area contributed by atoms with Gasteiger partial charge in [-0.15, -0.1) is 0 Å². The van der Waals surface area contributed by atoms with E-state index in [0.717, 1.165) is 0 Å². The highest BCUT2D eigenvalue weighted by Gasteiger charge is 2.12. The van der Waals surface area contributed by atoms with Gasteiger partial charge in [-0.25, -0.2) is 0 Å². The molecule has 4 amide bonds. The molecular weight excluding hydrogens is 536 g/mol. The van der Waals surface area contributed by atoms with Crippen LogP contribution in [0, 0.1) is 0 Å². The van der Waals surface area contributed by atoms with Crippen molar-refractivity contribution in [1.29, 1.82) is 0 Å². The molecule has 3 aromatic carbocycles. The molecule has 10 nitrogen and oxygen atoms in total. The van der Waals surface area contributed by atoms with Crippen LogP contribution < -0.4 is 21.3 Å². The second-order valence-electron chi connectivity index (χ2n) is 9.16. The van der Waals surface area contributed by atoms with Crippen LogP contribution in [0.15, 0.2) is 118 Å². The van der Waals surface area contributed by atoms with Gasteiger partial charge in [-0.2, -0.15) is 0 Å². The van der Waals surface area contributed by atoms with Gasteiger partial charge in [0.1, 0.15) is 11.5 Å². The van der Waals surface area contributed by atoms with Crippen LogP contribution in [-0.4, -0.2) is 23.6 Å². The molecule has 5 aromatic rings. The highest BCUT2D eigenvalue weighted by Crippen LogP contribution is 2.15. The fourth-order valence-electron chi connectivity index (χ4n) is 3.95. The molecule has 0 atom stereocenters. The van der Waals surface area contributed by atoms with E-state index in [0.29, 0.717) is 45.1 Å². The third-order valence-electron chi connectivity index (χ3n) is 6.23. The van der Waals surface area contributed by atoms with Crippen LogP contribution in [-0.2, 0) is 13.1 Å². The van der Waals surface area contributed by atoms with Gasteiger partial charge in [0.2, 0.25) is 0 Å². The second kappa shape index (κ2) is 13.0. The van der Waals surface area contributed by atoms with Crippen molar-refractivity contribution in [2.75, 3.05) is 10.6 Å². The molecule has 0 saturated heterocycles. The quantitative estimate of drug-likeness (QED) is 0.183. The third kappa shape index (κ3) is 7.19. The molecule has 2 aromatic heterocycles. The van der Waals surface area contributed by atoms with E-state index in [1.54, 1.807) is 97.1 Å². The normalized spacial score (nSPS) is 10.5. The van der Waals surface area contributed by atoms with Crippen molar-refractivity contribution in [3.63, 3.8) is 0 Å². The molecule has 210 valence electrons. The maximum Gasteiger partial charge on any atom is 0.255 e. The van der Waals surface area contributed by atoms with Crippen molar-refractivity contribution in [3.8, 4) is 0 Å². The predicted octanol–water partition coefficient (Wildman–Crippen LogP) is 5.24. The van der Waals surface area contributed by atoms with Crippen LogP contribution in [0.1, 0.15) is 53.0 Å². The first-order valence-electron chi connectivity index (χ1n) is 13.0. The van der Waals surface area contributed by atoms with Gasteiger partial charge in [0, 0.05) is 33.6 Å². The number of hydrogen-bond acceptors (Lipinski definition) is 6. The van der Waals surface area contributed by atoms with Gasteiger partial charge in [-0.05, 0) is 97.1 Å². The molecule has 4 N–H and O–H groups in total. The van der Waals surface area contributed by atoms with Crippen molar-refractivity contribution in [3.05, 3.63) is 143 Å². The number of furan rings is 2. The van der Waals surface area contributed by atoms with Crippen molar-refractivity contribution >= 4 is 35.0 Å². The average Bonchev–Trinajstić information content (AvgIpc) is 3.74. The van der Waals surface area contributed by atoms with E-state index in [2.05, 4.69) is 21.3 Å². The van der Waals surface area contributed by atoms with Crippen molar-refractivity contribution in [1.82, 2.24) is 10.6 Å². The lowest BCUT2D eigenvalue weighted by Crippen LogP contribution is -2.22. The molecule has 0 bridgehead atoms. The predicted molar refractivity (Wildman–Crippen MR) is 155 cm³/mol. The number of hydrogen-bond donors (Lipinski definition) is 4. The zero-order valence-corrected chi connectivity index (χ0v) is 22.3. The van der Waals surface area contributed by atoms with Gasteiger partial charge in [-0.3, -0.25) is 19.2 Å². The number of benzene rings is 3. The Morgan fingerprint density at radius 3 is 1.12 bits per heavy atom. The molecule has 2 heterocycles. The lowest BCUT2D eigenvalue weighted by atomic mass is 10.1. The Labute approximate surface area is 240 Å². The van der Waals surface area contributed by atoms with Crippen LogP contribution in [0.25, 0.3) is 0 Å². The summed E-state index contributed by atoms with van der Waals surface area (Å²) in [5.41, 5.74) is 2.63. The minimum absolute atomic E-state index is 0.263. The molecule has 0 fully saturated rings. The molecule has 0 aliphatic rings. The standard InChI is InChI=1S/C32H26N4O6/c37-29(33-19-27-3-1-17-41-27)21-9-13-25(14-10-21)35-31(39)23-5-7-24(8-6-23)32(40)36-26-15-11-22(12-16-26)30(38)34-20-28-4-2-18-42-28/h1-18H,19-20H2,(H,33,37)(H,34,38)(H,35,39)(H,36,40). The zero-order chi connectivity index (χ0) is 29.3. The van der Waals surface area contributed by atoms with Gasteiger partial charge >= 0.3 is 0 Å². The summed E-state index contributed by atoms with van der Waals surface area (Å²) >= 11 is 0. The fourth-order valence-corrected chi connectivity index (χ4v) is 3.95. The molecular formula is C32H26N4O6. The smallest absolute Gasteiger partial charge is 0.255 e. The van der Waals surface area contributed by atoms with Crippen molar-refractivity contribution in [2.45, 2.75) is 13.1 Å². The first kappa shape index (κ1) is 27.7. The summed E-state index contributed by atoms with van der Waals surface area (Å²) < 4.78 is 10.4. The highest BCUT2D eigenvalue weighted by molar-refractivity contribution is 6.07. The van der Waals surface area contributed by atoms with Gasteiger partial charge in [0.15, 0.2) is 0 Å². The number of nitrogens with one attached hydrogen (secondary N) is 4. The summed E-state index contributed by atoms with van der Waals surface area (Å²) in [6, 6.07) is 26.2. The molecule has 0 aliphatic carbocycles. The molecule has 42 heavy (non-hydrogen) atoms. The van der Waals surface area contributed by atoms with Crippen LogP contribution in [0.4, 0.5) is 11.4 Å². The largest absolute Gasteiger partial charge is 0.467 e. The topological polar surface area (TPSA) is 143 Å². The van der Waals surface area contributed by atoms with Crippen LogP contribution in [0.3, 0.4) is 0 Å². The van der Waals surface area contributed by atoms with E-state index in [9.17, 15) is 19.2 Å². The lowest BCUT2D eigenvalue weighted by Gasteiger charge is -2.09. The number of carbonyl (C=O) groups is 4. The summed E-state index contributed by atoms with van der Waals surface area (Å²) in [6.07, 6.45) is 3.08. The third-order valence-corrected chi connectivity index (χ3v) is 6.23. The van der Waals surface area contributed by atoms with E-state index in [1.807, 2.05) is 0 Å². The van der Waals surface area contributed by atoms with E-state index in [4.69, 9.17) is 8.83 Å². The van der Waals surface area contributed by atoms with E-state index in [1.165, 1.54) is 12.5 Å². The van der Waals surface area contributed by atoms with Crippen molar-refractivity contribution < 1.29 is 28.0 Å². The average molecular weight is 563 g/mol. The molecule has 5 rings (SSSR count). The summed E-state index contributed by atoms with van der Waals surface area (Å²) in [5.74, 6) is 0.0408. The van der Waals surface area contributed by atoms with E-state index in [-0.39, 0.29) is 36.7 Å². The summed E-state index contributed by atoms with van der Waals surface area (Å²) in [4.78, 5) is 50.0. The Kier molecular flexibility index (Phi) is 8.54. The SMILES string of the molecule is O=C(NCc1ccco1)c1ccc(NC(=O)c2ccc(C(=O)Nc3ccc(C(=O)NCc4ccco4)cc3)cc2)cc1. The van der Waals surface area contributed by atoms with E-state index < -0.39 is 0 Å². The van der Waals surface area contributed by atoms with Gasteiger partial charge in [0.25, 0.3) is 23.6 Å². The summed E-state index contributed by atoms with van der Waals surface area (Å²) in [7, 11) is 0. The Morgan fingerprint density at radius 1 is 0.452 bits per heavy atom. The summed E-state index contributed by atoms with van der Waals surface area (Å²) in [5, 5.41) is 11.1. The number of carbonyl (C=O) groups excluding carboxylic acids is 4. The van der Waals surface area contributed by atoms with Gasteiger partial charge < -0.3 is 30.1 Å². The Bertz CT molecular complexity index is 1530. The van der Waals surface area contributed by atoms with Gasteiger partial charge in [-0.1, -0.05) is 0 Å². The molecule has 0 radical (unpaired) electrons. The Morgan fingerprint density at radius 2 is 0.786 bits per heavy atom. The monoisotopic (exact) mass is 562 g/mol. The van der Waals surface area contributed by atoms with Gasteiger partial charge in [0.05, 0.1) is 25.6 Å². The maximum absolute atomic E-state index is 12.7. The number of rotatable bonds is 10. The fraction of sp³-hybridized carbons (Fsp3) is 0.0625. The molecule has 0 unspecified atom stereocenters. The second-order valence-corrected chi connectivity index (χ2v) is 9.16. The number of amides is 4. The highest BCUT2D eigenvalue weighted by atomic mass is 16.3. The minimum atomic E-state index is -0.363.